The van der Waals surface area contributed by atoms with Gasteiger partial charge in [0.15, 0.2) is 0 Å². The van der Waals surface area contributed by atoms with E-state index in [9.17, 15) is 18.0 Å². The third kappa shape index (κ3) is 5.31. The van der Waals surface area contributed by atoms with Gasteiger partial charge in [0.1, 0.15) is 0 Å². The largest absolute Gasteiger partial charge is 0.345 e. The van der Waals surface area contributed by atoms with E-state index in [1.54, 1.807) is 34.0 Å². The molecule has 0 spiro atoms. The maximum atomic E-state index is 12.6. The lowest BCUT2D eigenvalue weighted by Crippen LogP contribution is -2.30. The molecule has 0 saturated carbocycles. The van der Waals surface area contributed by atoms with Gasteiger partial charge in [0, 0.05) is 31.3 Å². The van der Waals surface area contributed by atoms with E-state index >= 15 is 0 Å². The Balaban J connectivity index is 2.30. The molecule has 0 aliphatic carbocycles. The van der Waals surface area contributed by atoms with Crippen molar-refractivity contribution in [2.24, 2.45) is 0 Å². The molecule has 2 N–H and O–H groups in total. The second kappa shape index (κ2) is 8.72. The number of nitrogens with one attached hydrogen (secondary N) is 2. The molecule has 150 valence electrons. The molecule has 2 rings (SSSR count). The molecule has 0 aliphatic heterocycles. The predicted octanol–water partition coefficient (Wildman–Crippen LogP) is 2.98. The molecule has 0 atom stereocenters. The van der Waals surface area contributed by atoms with E-state index in [1.807, 2.05) is 0 Å². The van der Waals surface area contributed by atoms with Crippen molar-refractivity contribution in [2.45, 2.75) is 24.8 Å². The van der Waals surface area contributed by atoms with Gasteiger partial charge < -0.3 is 10.2 Å². The second-order valence-electron chi connectivity index (χ2n) is 6.65. The molecule has 28 heavy (non-hydrogen) atoms. The average molecular weight is 424 g/mol. The van der Waals surface area contributed by atoms with Crippen molar-refractivity contribution in [3.63, 3.8) is 0 Å². The number of carbonyl (C=O) groups excluding carboxylic acids is 2. The average Bonchev–Trinajstić information content (AvgIpc) is 2.62. The Morgan fingerprint density at radius 3 is 2.32 bits per heavy atom. The minimum Gasteiger partial charge on any atom is -0.345 e. The van der Waals surface area contributed by atoms with Gasteiger partial charge in [-0.3, -0.25) is 9.59 Å². The van der Waals surface area contributed by atoms with Crippen LogP contribution in [0.3, 0.4) is 0 Å². The summed E-state index contributed by atoms with van der Waals surface area (Å²) in [7, 11) is -0.496. The summed E-state index contributed by atoms with van der Waals surface area (Å²) in [6.07, 6.45) is 0. The summed E-state index contributed by atoms with van der Waals surface area (Å²) in [6.45, 7) is 3.41. The van der Waals surface area contributed by atoms with Gasteiger partial charge >= 0.3 is 0 Å². The summed E-state index contributed by atoms with van der Waals surface area (Å²) in [4.78, 5) is 26.1. The third-order valence-electron chi connectivity index (χ3n) is 3.67. The molecule has 9 heteroatoms. The lowest BCUT2D eigenvalue weighted by molar-refractivity contribution is 0.0827. The lowest BCUT2D eigenvalue weighted by Gasteiger charge is -2.13. The number of hydrogen-bond donors (Lipinski definition) is 2. The standard InChI is InChI=1S/C19H22ClN3O4S/c1-12(2)22-28(26,27)15-7-5-6-13(10-15)18(24)21-17-11-14(8-9-16(17)20)19(25)23(3)4/h5-12,22H,1-4H3,(H,21,24). The highest BCUT2D eigenvalue weighted by molar-refractivity contribution is 7.89. The van der Waals surface area contributed by atoms with E-state index < -0.39 is 15.9 Å². The number of sulfonamides is 1. The molecule has 2 aromatic carbocycles. The molecule has 7 nitrogen and oxygen atoms in total. The summed E-state index contributed by atoms with van der Waals surface area (Å²) in [6, 6.07) is 9.94. The number of carbonyl (C=O) groups is 2. The Morgan fingerprint density at radius 1 is 1.04 bits per heavy atom. The van der Waals surface area contributed by atoms with Crippen LogP contribution in [-0.2, 0) is 10.0 Å². The van der Waals surface area contributed by atoms with Crippen LogP contribution in [0, 0.1) is 0 Å². The van der Waals surface area contributed by atoms with Crippen molar-refractivity contribution >= 4 is 39.1 Å². The Bertz CT molecular complexity index is 1000. The van der Waals surface area contributed by atoms with E-state index in [0.29, 0.717) is 5.56 Å². The van der Waals surface area contributed by atoms with Crippen molar-refractivity contribution in [1.29, 1.82) is 0 Å². The zero-order valence-electron chi connectivity index (χ0n) is 16.0. The molecule has 2 aromatic rings. The van der Waals surface area contributed by atoms with Gasteiger partial charge in [-0.1, -0.05) is 17.7 Å². The maximum Gasteiger partial charge on any atom is 0.255 e. The number of hydrogen-bond acceptors (Lipinski definition) is 4. The van der Waals surface area contributed by atoms with Crippen LogP contribution in [0.2, 0.25) is 5.02 Å². The van der Waals surface area contributed by atoms with Gasteiger partial charge in [-0.25, -0.2) is 13.1 Å². The monoisotopic (exact) mass is 423 g/mol. The molecular weight excluding hydrogens is 402 g/mol. The van der Waals surface area contributed by atoms with Gasteiger partial charge in [0.05, 0.1) is 15.6 Å². The Kier molecular flexibility index (Phi) is 6.82. The van der Waals surface area contributed by atoms with Gasteiger partial charge in [-0.2, -0.15) is 0 Å². The fourth-order valence-corrected chi connectivity index (χ4v) is 3.85. The van der Waals surface area contributed by atoms with Crippen LogP contribution < -0.4 is 10.0 Å². The third-order valence-corrected chi connectivity index (χ3v) is 5.65. The topological polar surface area (TPSA) is 95.6 Å². The minimum absolute atomic E-state index is 0.0171. The van der Waals surface area contributed by atoms with Crippen LogP contribution >= 0.6 is 11.6 Å². The minimum atomic E-state index is -3.73. The summed E-state index contributed by atoms with van der Waals surface area (Å²) < 4.78 is 27.1. The van der Waals surface area contributed by atoms with Gasteiger partial charge in [-0.05, 0) is 50.2 Å². The van der Waals surface area contributed by atoms with Gasteiger partial charge in [0.25, 0.3) is 11.8 Å². The quantitative estimate of drug-likeness (QED) is 0.746. The normalized spacial score (nSPS) is 11.4. The first kappa shape index (κ1) is 21.9. The van der Waals surface area contributed by atoms with Crippen molar-refractivity contribution < 1.29 is 18.0 Å². The summed E-state index contributed by atoms with van der Waals surface area (Å²) in [5, 5.41) is 2.88. The molecule has 0 fully saturated rings. The number of anilines is 1. The smallest absolute Gasteiger partial charge is 0.255 e. The first-order chi connectivity index (χ1) is 13.0. The molecule has 0 aliphatic rings. The number of benzene rings is 2. The molecule has 0 heterocycles. The van der Waals surface area contributed by atoms with Crippen LogP contribution in [-0.4, -0.2) is 45.3 Å². The molecular formula is C19H22ClN3O4S. The highest BCUT2D eigenvalue weighted by atomic mass is 35.5. The fourth-order valence-electron chi connectivity index (χ4n) is 2.39. The van der Waals surface area contributed by atoms with Crippen molar-refractivity contribution in [1.82, 2.24) is 9.62 Å². The van der Waals surface area contributed by atoms with Crippen LogP contribution in [0.15, 0.2) is 47.4 Å². The number of halogens is 1. The highest BCUT2D eigenvalue weighted by Gasteiger charge is 2.18. The second-order valence-corrected chi connectivity index (χ2v) is 8.77. The molecule has 2 amide bonds. The molecule has 0 bridgehead atoms. The van der Waals surface area contributed by atoms with Crippen molar-refractivity contribution in [3.8, 4) is 0 Å². The van der Waals surface area contributed by atoms with Crippen LogP contribution in [0.1, 0.15) is 34.6 Å². The lowest BCUT2D eigenvalue weighted by atomic mass is 10.1. The van der Waals surface area contributed by atoms with Crippen LogP contribution in [0.5, 0.6) is 0 Å². The van der Waals surface area contributed by atoms with Crippen molar-refractivity contribution in [2.75, 3.05) is 19.4 Å². The first-order valence-electron chi connectivity index (χ1n) is 8.46. The zero-order valence-corrected chi connectivity index (χ0v) is 17.6. The number of nitrogens with zero attached hydrogens (tertiary/aromatic N) is 1. The van der Waals surface area contributed by atoms with Crippen LogP contribution in [0.25, 0.3) is 0 Å². The van der Waals surface area contributed by atoms with Crippen LogP contribution in [0.4, 0.5) is 5.69 Å². The summed E-state index contributed by atoms with van der Waals surface area (Å²) >= 11 is 6.13. The zero-order chi connectivity index (χ0) is 21.1. The Morgan fingerprint density at radius 2 is 1.71 bits per heavy atom. The van der Waals surface area contributed by atoms with E-state index in [0.717, 1.165) is 0 Å². The SMILES string of the molecule is CC(C)NS(=O)(=O)c1cccc(C(=O)Nc2cc(C(=O)N(C)C)ccc2Cl)c1. The predicted molar refractivity (Wildman–Crippen MR) is 109 cm³/mol. The number of rotatable bonds is 6. The van der Waals surface area contributed by atoms with Crippen molar-refractivity contribution in [3.05, 3.63) is 58.6 Å². The maximum absolute atomic E-state index is 12.6. The summed E-state index contributed by atoms with van der Waals surface area (Å²) in [5.74, 6) is -0.780. The Hall–Kier alpha value is -2.42. The van der Waals surface area contributed by atoms with Gasteiger partial charge in [0.2, 0.25) is 10.0 Å². The Labute approximate surface area is 169 Å². The summed E-state index contributed by atoms with van der Waals surface area (Å²) in [5.41, 5.74) is 0.766. The number of amides is 2. The van der Waals surface area contributed by atoms with E-state index in [-0.39, 0.29) is 33.1 Å². The highest BCUT2D eigenvalue weighted by Crippen LogP contribution is 2.24. The fraction of sp³-hybridized carbons (Fsp3) is 0.263. The van der Waals surface area contributed by atoms with E-state index in [1.165, 1.54) is 41.3 Å². The van der Waals surface area contributed by atoms with E-state index in [2.05, 4.69) is 10.0 Å². The molecule has 0 aromatic heterocycles. The van der Waals surface area contributed by atoms with E-state index in [4.69, 9.17) is 11.6 Å². The molecule has 0 unspecified atom stereocenters. The molecule has 0 saturated heterocycles. The first-order valence-corrected chi connectivity index (χ1v) is 10.3. The molecule has 0 radical (unpaired) electrons. The van der Waals surface area contributed by atoms with Gasteiger partial charge in [-0.15, -0.1) is 0 Å².